The Hall–Kier alpha value is -0.720. The van der Waals surface area contributed by atoms with Crippen LogP contribution in [-0.2, 0) is 0 Å². The molecule has 1 rings (SSSR count). The molecule has 0 fully saturated rings. The van der Waals surface area contributed by atoms with Crippen LogP contribution in [0.15, 0.2) is 22.9 Å². The van der Waals surface area contributed by atoms with E-state index in [-0.39, 0.29) is 0 Å². The van der Waals surface area contributed by atoms with Gasteiger partial charge in [-0.15, -0.1) is 0 Å². The summed E-state index contributed by atoms with van der Waals surface area (Å²) in [5.41, 5.74) is 9.94. The van der Waals surface area contributed by atoms with E-state index in [2.05, 4.69) is 6.92 Å². The Morgan fingerprint density at radius 2 is 2.08 bits per heavy atom. The van der Waals surface area contributed by atoms with Crippen LogP contribution >= 0.6 is 0 Å². The smallest absolute Gasteiger partial charge is 0.0302 e. The second-order valence-corrected chi connectivity index (χ2v) is 3.39. The maximum Gasteiger partial charge on any atom is 0.0302 e. The molecular weight excluding hydrogens is 146 g/mol. The minimum absolute atomic E-state index is 1.01. The lowest BCUT2D eigenvalue weighted by Gasteiger charge is -2.19. The number of hydrogen-bond donors (Lipinski definition) is 1. The fourth-order valence-corrected chi connectivity index (χ4v) is 1.88. The summed E-state index contributed by atoms with van der Waals surface area (Å²) in [6.45, 7) is 4.24. The summed E-state index contributed by atoms with van der Waals surface area (Å²) >= 11 is 0. The van der Waals surface area contributed by atoms with Gasteiger partial charge in [0.15, 0.2) is 0 Å². The Balaban J connectivity index is 2.87. The first-order valence-electron chi connectivity index (χ1n) is 4.92. The van der Waals surface area contributed by atoms with Crippen molar-refractivity contribution >= 4 is 0 Å². The van der Waals surface area contributed by atoms with Crippen molar-refractivity contribution in [1.29, 1.82) is 0 Å². The molecule has 0 saturated carbocycles. The van der Waals surface area contributed by atoms with Gasteiger partial charge in [0.1, 0.15) is 0 Å². The van der Waals surface area contributed by atoms with Crippen LogP contribution in [0.1, 0.15) is 46.0 Å². The Kier molecular flexibility index (Phi) is 3.39. The van der Waals surface area contributed by atoms with E-state index in [0.29, 0.717) is 0 Å². The first-order chi connectivity index (χ1) is 5.79. The highest BCUT2D eigenvalue weighted by Gasteiger charge is 2.12. The normalized spacial score (nSPS) is 20.0. The molecule has 0 aliphatic heterocycles. The van der Waals surface area contributed by atoms with Crippen LogP contribution in [0.4, 0.5) is 0 Å². The molecule has 12 heavy (non-hydrogen) atoms. The summed E-state index contributed by atoms with van der Waals surface area (Å²) in [6, 6.07) is 0. The molecule has 0 aromatic heterocycles. The van der Waals surface area contributed by atoms with E-state index in [0.717, 1.165) is 5.70 Å². The fourth-order valence-electron chi connectivity index (χ4n) is 1.88. The molecule has 1 heteroatoms. The predicted molar refractivity (Wildman–Crippen MR) is 53.7 cm³/mol. The molecule has 0 spiro atoms. The summed E-state index contributed by atoms with van der Waals surface area (Å²) in [5, 5.41) is 0. The third kappa shape index (κ3) is 1.90. The van der Waals surface area contributed by atoms with Crippen molar-refractivity contribution in [2.75, 3.05) is 0 Å². The van der Waals surface area contributed by atoms with Gasteiger partial charge >= 0.3 is 0 Å². The van der Waals surface area contributed by atoms with E-state index in [1.807, 2.05) is 13.0 Å². The van der Waals surface area contributed by atoms with Crippen LogP contribution < -0.4 is 5.73 Å². The SMILES string of the molecule is CC=C(N)C1=C(CC)CCCC1. The van der Waals surface area contributed by atoms with E-state index in [1.54, 1.807) is 5.57 Å². The standard InChI is InChI=1S/C11H19N/c1-3-9-7-5-6-8-10(9)11(12)4-2/h4H,3,5-8,12H2,1-2H3. The van der Waals surface area contributed by atoms with E-state index >= 15 is 0 Å². The number of hydrogen-bond acceptors (Lipinski definition) is 1. The van der Waals surface area contributed by atoms with Crippen LogP contribution in [-0.4, -0.2) is 0 Å². The lowest BCUT2D eigenvalue weighted by atomic mass is 9.88. The van der Waals surface area contributed by atoms with Gasteiger partial charge in [-0.1, -0.05) is 18.6 Å². The van der Waals surface area contributed by atoms with Crippen molar-refractivity contribution < 1.29 is 0 Å². The topological polar surface area (TPSA) is 26.0 Å². The summed E-state index contributed by atoms with van der Waals surface area (Å²) in [4.78, 5) is 0. The largest absolute Gasteiger partial charge is 0.399 e. The van der Waals surface area contributed by atoms with Crippen molar-refractivity contribution in [1.82, 2.24) is 0 Å². The average Bonchev–Trinajstić information content (AvgIpc) is 2.16. The van der Waals surface area contributed by atoms with Crippen molar-refractivity contribution in [2.24, 2.45) is 5.73 Å². The molecule has 1 aliphatic rings. The van der Waals surface area contributed by atoms with E-state index in [1.165, 1.54) is 37.7 Å². The molecule has 0 aromatic carbocycles. The Bertz CT molecular complexity index is 211. The van der Waals surface area contributed by atoms with Gasteiger partial charge in [0, 0.05) is 5.70 Å². The molecule has 0 atom stereocenters. The summed E-state index contributed by atoms with van der Waals surface area (Å²) in [7, 11) is 0. The molecule has 1 nitrogen and oxygen atoms in total. The zero-order valence-corrected chi connectivity index (χ0v) is 8.19. The molecule has 1 aliphatic carbocycles. The monoisotopic (exact) mass is 165 g/mol. The molecule has 0 amide bonds. The third-order valence-electron chi connectivity index (χ3n) is 2.67. The third-order valence-corrected chi connectivity index (χ3v) is 2.67. The molecule has 0 bridgehead atoms. The van der Waals surface area contributed by atoms with Crippen LogP contribution in [0.2, 0.25) is 0 Å². The van der Waals surface area contributed by atoms with Crippen molar-refractivity contribution in [3.63, 3.8) is 0 Å². The lowest BCUT2D eigenvalue weighted by Crippen LogP contribution is -2.07. The fraction of sp³-hybridized carbons (Fsp3) is 0.636. The Morgan fingerprint density at radius 1 is 1.42 bits per heavy atom. The van der Waals surface area contributed by atoms with Gasteiger partial charge in [0.05, 0.1) is 0 Å². The number of nitrogens with two attached hydrogens (primary N) is 1. The Labute approximate surface area is 75.3 Å². The van der Waals surface area contributed by atoms with E-state index < -0.39 is 0 Å². The highest BCUT2D eigenvalue weighted by molar-refractivity contribution is 5.34. The van der Waals surface area contributed by atoms with Gasteiger partial charge in [-0.05, 0) is 44.6 Å². The van der Waals surface area contributed by atoms with Crippen LogP contribution in [0.25, 0.3) is 0 Å². The molecule has 68 valence electrons. The second-order valence-electron chi connectivity index (χ2n) is 3.39. The molecule has 0 saturated heterocycles. The van der Waals surface area contributed by atoms with Gasteiger partial charge in [-0.3, -0.25) is 0 Å². The quantitative estimate of drug-likeness (QED) is 0.668. The van der Waals surface area contributed by atoms with Crippen LogP contribution in [0.3, 0.4) is 0 Å². The minimum Gasteiger partial charge on any atom is -0.399 e. The maximum atomic E-state index is 5.92. The van der Waals surface area contributed by atoms with Gasteiger partial charge in [0.25, 0.3) is 0 Å². The van der Waals surface area contributed by atoms with Gasteiger partial charge in [-0.25, -0.2) is 0 Å². The average molecular weight is 165 g/mol. The first-order valence-corrected chi connectivity index (χ1v) is 4.92. The van der Waals surface area contributed by atoms with Crippen LogP contribution in [0.5, 0.6) is 0 Å². The van der Waals surface area contributed by atoms with Crippen LogP contribution in [0, 0.1) is 0 Å². The Morgan fingerprint density at radius 3 is 2.67 bits per heavy atom. The predicted octanol–water partition coefficient (Wildman–Crippen LogP) is 3.13. The molecular formula is C11H19N. The zero-order chi connectivity index (χ0) is 8.97. The van der Waals surface area contributed by atoms with Gasteiger partial charge in [0.2, 0.25) is 0 Å². The molecule has 2 N–H and O–H groups in total. The number of allylic oxidation sites excluding steroid dienone is 3. The first kappa shape index (κ1) is 9.37. The second kappa shape index (κ2) is 4.34. The summed E-state index contributed by atoms with van der Waals surface area (Å²) in [6.07, 6.45) is 8.32. The molecule has 0 radical (unpaired) electrons. The van der Waals surface area contributed by atoms with Gasteiger partial charge in [-0.2, -0.15) is 0 Å². The van der Waals surface area contributed by atoms with Crippen molar-refractivity contribution in [3.8, 4) is 0 Å². The molecule has 0 unspecified atom stereocenters. The van der Waals surface area contributed by atoms with Crippen molar-refractivity contribution in [3.05, 3.63) is 22.9 Å². The highest BCUT2D eigenvalue weighted by atomic mass is 14.6. The van der Waals surface area contributed by atoms with Gasteiger partial charge < -0.3 is 5.73 Å². The lowest BCUT2D eigenvalue weighted by molar-refractivity contribution is 0.659. The summed E-state index contributed by atoms with van der Waals surface area (Å²) < 4.78 is 0. The van der Waals surface area contributed by atoms with E-state index in [9.17, 15) is 0 Å². The molecule has 0 aromatic rings. The zero-order valence-electron chi connectivity index (χ0n) is 8.19. The maximum absolute atomic E-state index is 5.92. The van der Waals surface area contributed by atoms with Crippen molar-refractivity contribution in [2.45, 2.75) is 46.0 Å². The summed E-state index contributed by atoms with van der Waals surface area (Å²) in [5.74, 6) is 0. The van der Waals surface area contributed by atoms with E-state index in [4.69, 9.17) is 5.73 Å². The number of rotatable bonds is 2. The molecule has 0 heterocycles. The highest BCUT2D eigenvalue weighted by Crippen LogP contribution is 2.29. The minimum atomic E-state index is 1.01.